The first-order chi connectivity index (χ1) is 11.7. The number of thiophene rings is 1. The number of rotatable bonds is 8. The molecule has 0 N–H and O–H groups in total. The average Bonchev–Trinajstić information content (AvgIpc) is 3.52. The second kappa shape index (κ2) is 6.65. The van der Waals surface area contributed by atoms with Gasteiger partial charge in [0.2, 0.25) is 0 Å². The van der Waals surface area contributed by atoms with Gasteiger partial charge >= 0.3 is 0 Å². The molecule has 3 atom stereocenters. The van der Waals surface area contributed by atoms with Crippen molar-refractivity contribution in [3.63, 3.8) is 0 Å². The topological polar surface area (TPSA) is 3.24 Å². The molecule has 1 aromatic heterocycles. The van der Waals surface area contributed by atoms with E-state index in [-0.39, 0.29) is 5.54 Å². The smallest absolute Gasteiger partial charge is 0.0466 e. The van der Waals surface area contributed by atoms with Gasteiger partial charge in [-0.15, -0.1) is 0 Å². The fourth-order valence-corrected chi connectivity index (χ4v) is 5.27. The van der Waals surface area contributed by atoms with Gasteiger partial charge in [0, 0.05) is 12.1 Å². The summed E-state index contributed by atoms with van der Waals surface area (Å²) in [4.78, 5) is 2.70. The third-order valence-electron chi connectivity index (χ3n) is 6.35. The second-order valence-corrected chi connectivity index (χ2v) is 8.72. The summed E-state index contributed by atoms with van der Waals surface area (Å²) in [5.41, 5.74) is 3.33. The molecule has 1 heterocycles. The molecule has 0 aliphatic heterocycles. The van der Waals surface area contributed by atoms with Crippen LogP contribution < -0.4 is 0 Å². The summed E-state index contributed by atoms with van der Waals surface area (Å²) in [6.45, 7) is 3.66. The molecule has 0 radical (unpaired) electrons. The first-order valence-corrected chi connectivity index (χ1v) is 10.5. The summed E-state index contributed by atoms with van der Waals surface area (Å²) in [5.74, 6) is 2.57. The lowest BCUT2D eigenvalue weighted by Gasteiger charge is -2.42. The first kappa shape index (κ1) is 16.4. The Hall–Kier alpha value is -1.12. The number of hydrogen-bond donors (Lipinski definition) is 0. The van der Waals surface area contributed by atoms with Gasteiger partial charge in [-0.05, 0) is 84.9 Å². The van der Waals surface area contributed by atoms with E-state index in [9.17, 15) is 0 Å². The molecule has 0 amide bonds. The van der Waals surface area contributed by atoms with E-state index in [0.29, 0.717) is 0 Å². The predicted molar refractivity (Wildman–Crippen MR) is 104 cm³/mol. The van der Waals surface area contributed by atoms with E-state index in [2.05, 4.69) is 66.0 Å². The molecule has 0 bridgehead atoms. The van der Waals surface area contributed by atoms with Crippen LogP contribution in [0.15, 0.2) is 47.2 Å². The predicted octanol–water partition coefficient (Wildman–Crippen LogP) is 5.89. The lowest BCUT2D eigenvalue weighted by atomic mass is 9.81. The van der Waals surface area contributed by atoms with E-state index in [0.717, 1.165) is 17.8 Å². The molecule has 2 aliphatic rings. The fourth-order valence-electron chi connectivity index (χ4n) is 4.52. The van der Waals surface area contributed by atoms with Gasteiger partial charge in [0.15, 0.2) is 0 Å². The number of nitrogens with zero attached hydrogens (tertiary/aromatic N) is 1. The zero-order valence-electron chi connectivity index (χ0n) is 14.9. The summed E-state index contributed by atoms with van der Waals surface area (Å²) < 4.78 is 0. The van der Waals surface area contributed by atoms with Crippen LogP contribution in [0.5, 0.6) is 0 Å². The fraction of sp³-hybridized carbons (Fsp3) is 0.545. The molecule has 1 nitrogen and oxygen atoms in total. The van der Waals surface area contributed by atoms with Crippen LogP contribution in [0.4, 0.5) is 0 Å². The third-order valence-corrected chi connectivity index (χ3v) is 7.04. The maximum Gasteiger partial charge on any atom is 0.0466 e. The zero-order chi connectivity index (χ0) is 16.6. The van der Waals surface area contributed by atoms with Crippen molar-refractivity contribution in [2.24, 2.45) is 11.8 Å². The van der Waals surface area contributed by atoms with E-state index >= 15 is 0 Å². The van der Waals surface area contributed by atoms with Crippen LogP contribution in [0.25, 0.3) is 0 Å². The van der Waals surface area contributed by atoms with Crippen LogP contribution in [-0.2, 0) is 5.54 Å². The zero-order valence-corrected chi connectivity index (χ0v) is 15.8. The van der Waals surface area contributed by atoms with Crippen molar-refractivity contribution in [1.29, 1.82) is 0 Å². The molecule has 1 aromatic carbocycles. The Morgan fingerprint density at radius 2 is 1.96 bits per heavy atom. The normalized spacial score (nSPS) is 25.6. The van der Waals surface area contributed by atoms with Crippen LogP contribution in [0.3, 0.4) is 0 Å². The van der Waals surface area contributed by atoms with Gasteiger partial charge in [0.1, 0.15) is 0 Å². The van der Waals surface area contributed by atoms with Gasteiger partial charge in [-0.25, -0.2) is 0 Å². The standard InChI is InChI=1S/C22H29NS/c1-3-22(20-11-12-24-16-20,23(2)15-17-9-10-17)14-19-13-21(19)18-7-5-4-6-8-18/h4-8,11-12,16-17,19,21H,3,9-10,13-15H2,1-2H3/t19-,21-,22?/m0/s1. The van der Waals surface area contributed by atoms with Crippen LogP contribution in [0.2, 0.25) is 0 Å². The SMILES string of the molecule is CCC(C[C@@H]1C[C@H]1c1ccccc1)(c1ccsc1)N(C)CC1CC1. The van der Waals surface area contributed by atoms with Crippen LogP contribution >= 0.6 is 11.3 Å². The molecule has 2 fully saturated rings. The first-order valence-electron chi connectivity index (χ1n) is 9.52. The van der Waals surface area contributed by atoms with E-state index in [1.807, 2.05) is 11.3 Å². The Labute approximate surface area is 150 Å². The summed E-state index contributed by atoms with van der Waals surface area (Å²) in [6.07, 6.45) is 6.76. The summed E-state index contributed by atoms with van der Waals surface area (Å²) in [7, 11) is 2.37. The maximum absolute atomic E-state index is 2.70. The van der Waals surface area contributed by atoms with E-state index in [1.54, 1.807) is 11.1 Å². The summed E-state index contributed by atoms with van der Waals surface area (Å²) in [6, 6.07) is 13.5. The van der Waals surface area contributed by atoms with Gasteiger partial charge in [-0.1, -0.05) is 37.3 Å². The van der Waals surface area contributed by atoms with Gasteiger partial charge in [0.05, 0.1) is 0 Å². The van der Waals surface area contributed by atoms with Crippen molar-refractivity contribution < 1.29 is 0 Å². The Morgan fingerprint density at radius 1 is 1.17 bits per heavy atom. The molecule has 1 unspecified atom stereocenters. The maximum atomic E-state index is 2.70. The Balaban J connectivity index is 1.54. The Kier molecular flexibility index (Phi) is 4.53. The van der Waals surface area contributed by atoms with Crippen LogP contribution in [-0.4, -0.2) is 18.5 Å². The van der Waals surface area contributed by atoms with E-state index in [4.69, 9.17) is 0 Å². The van der Waals surface area contributed by atoms with Crippen molar-refractivity contribution in [2.45, 2.75) is 50.5 Å². The lowest BCUT2D eigenvalue weighted by molar-refractivity contribution is 0.0887. The molecule has 24 heavy (non-hydrogen) atoms. The average molecular weight is 340 g/mol. The molecular weight excluding hydrogens is 310 g/mol. The minimum atomic E-state index is 0.233. The molecule has 2 saturated carbocycles. The molecule has 0 saturated heterocycles. The van der Waals surface area contributed by atoms with Crippen molar-refractivity contribution >= 4 is 11.3 Å². The monoisotopic (exact) mass is 339 g/mol. The molecule has 2 aromatic rings. The van der Waals surface area contributed by atoms with Crippen molar-refractivity contribution in [2.75, 3.05) is 13.6 Å². The highest BCUT2D eigenvalue weighted by atomic mass is 32.1. The largest absolute Gasteiger partial charge is 0.296 e. The highest BCUT2D eigenvalue weighted by molar-refractivity contribution is 7.08. The van der Waals surface area contributed by atoms with Gasteiger partial charge in [-0.2, -0.15) is 11.3 Å². The highest BCUT2D eigenvalue weighted by Gasteiger charge is 2.47. The summed E-state index contributed by atoms with van der Waals surface area (Å²) in [5, 5.41) is 4.65. The van der Waals surface area contributed by atoms with Crippen LogP contribution in [0.1, 0.15) is 56.1 Å². The molecule has 4 rings (SSSR count). The van der Waals surface area contributed by atoms with Crippen LogP contribution in [0, 0.1) is 11.8 Å². The van der Waals surface area contributed by atoms with Gasteiger partial charge in [0.25, 0.3) is 0 Å². The van der Waals surface area contributed by atoms with Crippen molar-refractivity contribution in [3.8, 4) is 0 Å². The number of benzene rings is 1. The van der Waals surface area contributed by atoms with Crippen molar-refractivity contribution in [3.05, 3.63) is 58.3 Å². The van der Waals surface area contributed by atoms with Gasteiger partial charge in [-0.3, -0.25) is 4.90 Å². The molecule has 0 spiro atoms. The minimum Gasteiger partial charge on any atom is -0.296 e. The molecule has 2 heteroatoms. The quantitative estimate of drug-likeness (QED) is 0.579. The molecule has 2 aliphatic carbocycles. The lowest BCUT2D eigenvalue weighted by Crippen LogP contribution is -2.44. The third kappa shape index (κ3) is 3.19. The summed E-state index contributed by atoms with van der Waals surface area (Å²) >= 11 is 1.85. The molecular formula is C22H29NS. The second-order valence-electron chi connectivity index (χ2n) is 7.94. The Bertz CT molecular complexity index is 646. The van der Waals surface area contributed by atoms with Gasteiger partial charge < -0.3 is 0 Å². The van der Waals surface area contributed by atoms with Crippen molar-refractivity contribution in [1.82, 2.24) is 4.90 Å². The minimum absolute atomic E-state index is 0.233. The van der Waals surface area contributed by atoms with E-state index in [1.165, 1.54) is 38.6 Å². The van der Waals surface area contributed by atoms with E-state index < -0.39 is 0 Å². The Morgan fingerprint density at radius 3 is 2.58 bits per heavy atom. The highest BCUT2D eigenvalue weighted by Crippen LogP contribution is 2.55. The molecule has 128 valence electrons. The number of hydrogen-bond acceptors (Lipinski definition) is 2.